The lowest BCUT2D eigenvalue weighted by molar-refractivity contribution is 0.172. The number of aromatic nitrogens is 2. The second-order valence-corrected chi connectivity index (χ2v) is 9.40. The molecule has 0 N–H and O–H groups in total. The van der Waals surface area contributed by atoms with E-state index in [9.17, 15) is 5.26 Å². The molecule has 1 aliphatic heterocycles. The lowest BCUT2D eigenvalue weighted by Gasteiger charge is -2.31. The van der Waals surface area contributed by atoms with Crippen molar-refractivity contribution in [1.82, 2.24) is 15.1 Å². The molecule has 0 atom stereocenters. The van der Waals surface area contributed by atoms with Crippen LogP contribution in [0.1, 0.15) is 49.4 Å². The lowest BCUT2D eigenvalue weighted by atomic mass is 9.97. The second kappa shape index (κ2) is 9.07. The molecule has 0 radical (unpaired) electrons. The van der Waals surface area contributed by atoms with E-state index >= 15 is 0 Å². The number of nitriles is 1. The van der Waals surface area contributed by atoms with Crippen molar-refractivity contribution in [2.24, 2.45) is 5.92 Å². The average Bonchev–Trinajstić information content (AvgIpc) is 3.20. The molecule has 1 aliphatic rings. The summed E-state index contributed by atoms with van der Waals surface area (Å²) in [6.07, 6.45) is 3.20. The van der Waals surface area contributed by atoms with E-state index in [4.69, 9.17) is 0 Å². The standard InChI is InChI=1S/C25H28N4S/c1-4-22-20(16-29-11-6-12-29)7-5-8-23(22)25-28-27-24(30-25)19-10-9-18(13-17(2)3)21(14-19)15-26/h5,7-10,14,17H,4,6,11-13,16H2,1-3H3. The number of rotatable bonds is 7. The van der Waals surface area contributed by atoms with Gasteiger partial charge in [0.15, 0.2) is 0 Å². The van der Waals surface area contributed by atoms with Crippen LogP contribution < -0.4 is 0 Å². The third kappa shape index (κ3) is 4.30. The Morgan fingerprint density at radius 1 is 1.10 bits per heavy atom. The minimum absolute atomic E-state index is 0.520. The van der Waals surface area contributed by atoms with Gasteiger partial charge in [0.05, 0.1) is 11.6 Å². The maximum atomic E-state index is 9.60. The molecule has 3 aromatic rings. The number of hydrogen-bond acceptors (Lipinski definition) is 5. The number of nitrogens with zero attached hydrogens (tertiary/aromatic N) is 4. The molecule has 2 heterocycles. The van der Waals surface area contributed by atoms with Crippen LogP contribution in [0.15, 0.2) is 36.4 Å². The van der Waals surface area contributed by atoms with Gasteiger partial charge in [0.2, 0.25) is 0 Å². The number of hydrogen-bond donors (Lipinski definition) is 0. The van der Waals surface area contributed by atoms with Gasteiger partial charge in [0, 0.05) is 17.7 Å². The molecular formula is C25H28N4S. The first-order valence-corrected chi connectivity index (χ1v) is 11.6. The Kier molecular flexibility index (Phi) is 6.26. The molecule has 1 saturated heterocycles. The van der Waals surface area contributed by atoms with Gasteiger partial charge in [0.1, 0.15) is 10.0 Å². The first kappa shape index (κ1) is 20.7. The molecule has 4 rings (SSSR count). The van der Waals surface area contributed by atoms with E-state index in [0.29, 0.717) is 5.92 Å². The molecule has 0 amide bonds. The molecule has 1 fully saturated rings. The van der Waals surface area contributed by atoms with Crippen LogP contribution >= 0.6 is 11.3 Å². The van der Waals surface area contributed by atoms with Crippen LogP contribution in [0.5, 0.6) is 0 Å². The number of benzene rings is 2. The largest absolute Gasteiger partial charge is 0.299 e. The molecule has 0 aliphatic carbocycles. The fourth-order valence-corrected chi connectivity index (χ4v) is 4.95. The van der Waals surface area contributed by atoms with Gasteiger partial charge in [-0.1, -0.05) is 62.4 Å². The van der Waals surface area contributed by atoms with Crippen molar-refractivity contribution in [2.75, 3.05) is 13.1 Å². The van der Waals surface area contributed by atoms with Gasteiger partial charge in [-0.25, -0.2) is 0 Å². The average molecular weight is 417 g/mol. The molecule has 154 valence electrons. The van der Waals surface area contributed by atoms with Crippen LogP contribution in [0, 0.1) is 17.2 Å². The highest BCUT2D eigenvalue weighted by atomic mass is 32.1. The van der Waals surface area contributed by atoms with E-state index in [1.165, 1.54) is 36.2 Å². The highest BCUT2D eigenvalue weighted by molar-refractivity contribution is 7.17. The van der Waals surface area contributed by atoms with Crippen molar-refractivity contribution in [2.45, 2.75) is 46.6 Å². The monoisotopic (exact) mass is 416 g/mol. The Morgan fingerprint density at radius 3 is 2.57 bits per heavy atom. The predicted molar refractivity (Wildman–Crippen MR) is 123 cm³/mol. The summed E-state index contributed by atoms with van der Waals surface area (Å²) in [6.45, 7) is 9.98. The fraction of sp³-hybridized carbons (Fsp3) is 0.400. The molecule has 2 aromatic carbocycles. The van der Waals surface area contributed by atoms with Crippen molar-refractivity contribution in [3.8, 4) is 27.2 Å². The van der Waals surface area contributed by atoms with E-state index in [0.717, 1.165) is 46.1 Å². The summed E-state index contributed by atoms with van der Waals surface area (Å²) in [5, 5.41) is 20.4. The maximum absolute atomic E-state index is 9.60. The summed E-state index contributed by atoms with van der Waals surface area (Å²) < 4.78 is 0. The Hall–Kier alpha value is -2.55. The first-order chi connectivity index (χ1) is 14.6. The molecule has 0 spiro atoms. The summed E-state index contributed by atoms with van der Waals surface area (Å²) in [5.74, 6) is 0.520. The van der Waals surface area contributed by atoms with Crippen LogP contribution in [-0.4, -0.2) is 28.2 Å². The van der Waals surface area contributed by atoms with Gasteiger partial charge in [-0.05, 0) is 61.0 Å². The van der Waals surface area contributed by atoms with Gasteiger partial charge >= 0.3 is 0 Å². The van der Waals surface area contributed by atoms with Gasteiger partial charge < -0.3 is 0 Å². The van der Waals surface area contributed by atoms with Crippen LogP contribution in [0.2, 0.25) is 0 Å². The summed E-state index contributed by atoms with van der Waals surface area (Å²) in [5.41, 5.74) is 6.78. The highest BCUT2D eigenvalue weighted by Crippen LogP contribution is 2.34. The van der Waals surface area contributed by atoms with Gasteiger partial charge in [-0.2, -0.15) is 5.26 Å². The van der Waals surface area contributed by atoms with Gasteiger partial charge in [0.25, 0.3) is 0 Å². The van der Waals surface area contributed by atoms with Crippen molar-refractivity contribution < 1.29 is 0 Å². The van der Waals surface area contributed by atoms with Crippen molar-refractivity contribution >= 4 is 11.3 Å². The van der Waals surface area contributed by atoms with E-state index in [1.54, 1.807) is 11.3 Å². The second-order valence-electron chi connectivity index (χ2n) is 8.42. The Morgan fingerprint density at radius 2 is 1.90 bits per heavy atom. The van der Waals surface area contributed by atoms with Crippen molar-refractivity contribution in [1.29, 1.82) is 5.26 Å². The van der Waals surface area contributed by atoms with Crippen LogP contribution in [-0.2, 0) is 19.4 Å². The molecule has 5 heteroatoms. The minimum atomic E-state index is 0.520. The third-order valence-corrected chi connectivity index (χ3v) is 6.74. The summed E-state index contributed by atoms with van der Waals surface area (Å²) in [7, 11) is 0. The number of likely N-dealkylation sites (tertiary alicyclic amines) is 1. The Labute approximate surface area is 183 Å². The van der Waals surface area contributed by atoms with Crippen LogP contribution in [0.25, 0.3) is 21.1 Å². The quantitative estimate of drug-likeness (QED) is 0.495. The van der Waals surface area contributed by atoms with E-state index in [1.807, 2.05) is 6.07 Å². The molecule has 30 heavy (non-hydrogen) atoms. The Balaban J connectivity index is 1.65. The van der Waals surface area contributed by atoms with Gasteiger partial charge in [-0.15, -0.1) is 10.2 Å². The summed E-state index contributed by atoms with van der Waals surface area (Å²) in [6, 6.07) is 15.0. The molecule has 0 unspecified atom stereocenters. The smallest absolute Gasteiger partial charge is 0.148 e. The maximum Gasteiger partial charge on any atom is 0.148 e. The molecular weight excluding hydrogens is 388 g/mol. The normalized spacial score (nSPS) is 14.0. The zero-order valence-corrected chi connectivity index (χ0v) is 18.8. The predicted octanol–water partition coefficient (Wildman–Crippen LogP) is 5.71. The van der Waals surface area contributed by atoms with Crippen LogP contribution in [0.4, 0.5) is 0 Å². The van der Waals surface area contributed by atoms with E-state index < -0.39 is 0 Å². The fourth-order valence-electron chi connectivity index (χ4n) is 4.06. The topological polar surface area (TPSA) is 52.8 Å². The zero-order chi connectivity index (χ0) is 21.1. The summed E-state index contributed by atoms with van der Waals surface area (Å²) >= 11 is 1.61. The van der Waals surface area contributed by atoms with Gasteiger partial charge in [-0.3, -0.25) is 4.90 Å². The minimum Gasteiger partial charge on any atom is -0.299 e. The zero-order valence-electron chi connectivity index (χ0n) is 18.0. The molecule has 1 aromatic heterocycles. The SMILES string of the molecule is CCc1c(CN2CCC2)cccc1-c1nnc(-c2ccc(CC(C)C)c(C#N)c2)s1. The lowest BCUT2D eigenvalue weighted by Crippen LogP contribution is -2.36. The van der Waals surface area contributed by atoms with Crippen molar-refractivity contribution in [3.63, 3.8) is 0 Å². The first-order valence-electron chi connectivity index (χ1n) is 10.8. The molecule has 4 nitrogen and oxygen atoms in total. The summed E-state index contributed by atoms with van der Waals surface area (Å²) in [4.78, 5) is 2.49. The Bertz CT molecular complexity index is 1070. The van der Waals surface area contributed by atoms with Crippen LogP contribution in [0.3, 0.4) is 0 Å². The highest BCUT2D eigenvalue weighted by Gasteiger charge is 2.19. The van der Waals surface area contributed by atoms with Crippen molar-refractivity contribution in [3.05, 3.63) is 58.7 Å². The molecule has 0 bridgehead atoms. The van der Waals surface area contributed by atoms with E-state index in [-0.39, 0.29) is 0 Å². The third-order valence-electron chi connectivity index (χ3n) is 5.73. The van der Waals surface area contributed by atoms with E-state index in [2.05, 4.69) is 72.3 Å². The molecule has 0 saturated carbocycles.